The lowest BCUT2D eigenvalue weighted by Gasteiger charge is -2.22. The van der Waals surface area contributed by atoms with Gasteiger partial charge in [-0.3, -0.25) is 4.79 Å². The summed E-state index contributed by atoms with van der Waals surface area (Å²) in [4.78, 5) is 10.8. The van der Waals surface area contributed by atoms with Crippen molar-refractivity contribution in [3.05, 3.63) is 34.4 Å². The number of hydrogen-bond donors (Lipinski definition) is 3. The van der Waals surface area contributed by atoms with E-state index in [1.165, 1.54) is 11.1 Å². The fraction of sp³-hybridized carbons (Fsp3) is 0.500. The Bertz CT molecular complexity index is 444. The van der Waals surface area contributed by atoms with Crippen LogP contribution in [0.15, 0.2) is 12.1 Å². The van der Waals surface area contributed by atoms with Gasteiger partial charge in [0.25, 0.3) is 0 Å². The van der Waals surface area contributed by atoms with Crippen molar-refractivity contribution in [1.29, 1.82) is 0 Å². The van der Waals surface area contributed by atoms with Gasteiger partial charge in [0.2, 0.25) is 0 Å². The van der Waals surface area contributed by atoms with E-state index in [-0.39, 0.29) is 6.04 Å². The number of aliphatic carboxylic acids is 1. The lowest BCUT2D eigenvalue weighted by atomic mass is 9.92. The Balaban J connectivity index is 3.02. The maximum absolute atomic E-state index is 10.8. The molecule has 1 rings (SSSR count). The van der Waals surface area contributed by atoms with Gasteiger partial charge in [0.15, 0.2) is 0 Å². The van der Waals surface area contributed by atoms with Crippen LogP contribution in [0.3, 0.4) is 0 Å². The molecule has 4 heteroatoms. The average Bonchev–Trinajstić information content (AvgIpc) is 2.30. The van der Waals surface area contributed by atoms with Crippen LogP contribution in [-0.4, -0.2) is 24.2 Å². The van der Waals surface area contributed by atoms with Crippen LogP contribution >= 0.6 is 0 Å². The van der Waals surface area contributed by atoms with Gasteiger partial charge in [-0.05, 0) is 56.5 Å². The monoisotopic (exact) mass is 250 g/mol. The van der Waals surface area contributed by atoms with E-state index >= 15 is 0 Å². The molecule has 1 aromatic carbocycles. The Morgan fingerprint density at radius 1 is 1.28 bits per heavy atom. The first-order valence-corrected chi connectivity index (χ1v) is 6.10. The van der Waals surface area contributed by atoms with Crippen molar-refractivity contribution in [2.24, 2.45) is 5.73 Å². The number of benzene rings is 1. The fourth-order valence-corrected chi connectivity index (χ4v) is 2.11. The van der Waals surface area contributed by atoms with Gasteiger partial charge in [0.1, 0.15) is 6.04 Å². The standard InChI is InChI=1S/C14H22N2O2/c1-8-5-10(3)11(6-9(8)2)13(16-4)7-12(15)14(17)18/h5-6,12-13,16H,7,15H2,1-4H3,(H,17,18). The van der Waals surface area contributed by atoms with E-state index in [0.29, 0.717) is 6.42 Å². The molecule has 0 saturated carbocycles. The first-order chi connectivity index (χ1) is 8.36. The predicted octanol–water partition coefficient (Wildman–Crippen LogP) is 1.67. The van der Waals surface area contributed by atoms with Crippen LogP contribution in [0.2, 0.25) is 0 Å². The van der Waals surface area contributed by atoms with E-state index in [0.717, 1.165) is 11.1 Å². The SMILES string of the molecule is CNC(CC(N)C(=O)O)c1cc(C)c(C)cc1C. The van der Waals surface area contributed by atoms with Gasteiger partial charge in [-0.15, -0.1) is 0 Å². The van der Waals surface area contributed by atoms with Crippen LogP contribution < -0.4 is 11.1 Å². The molecule has 2 atom stereocenters. The molecule has 0 heterocycles. The number of carboxylic acid groups (broad SMARTS) is 1. The van der Waals surface area contributed by atoms with Crippen molar-refractivity contribution in [2.75, 3.05) is 7.05 Å². The summed E-state index contributed by atoms with van der Waals surface area (Å²) >= 11 is 0. The van der Waals surface area contributed by atoms with Crippen molar-refractivity contribution >= 4 is 5.97 Å². The predicted molar refractivity (Wildman–Crippen MR) is 72.7 cm³/mol. The van der Waals surface area contributed by atoms with Crippen LogP contribution in [0, 0.1) is 20.8 Å². The zero-order chi connectivity index (χ0) is 13.9. The van der Waals surface area contributed by atoms with Crippen molar-refractivity contribution in [3.63, 3.8) is 0 Å². The van der Waals surface area contributed by atoms with Gasteiger partial charge >= 0.3 is 5.97 Å². The van der Waals surface area contributed by atoms with E-state index in [1.54, 1.807) is 0 Å². The van der Waals surface area contributed by atoms with E-state index in [4.69, 9.17) is 10.8 Å². The second-order valence-corrected chi connectivity index (χ2v) is 4.81. The zero-order valence-electron chi connectivity index (χ0n) is 11.4. The molecule has 2 unspecified atom stereocenters. The highest BCUT2D eigenvalue weighted by molar-refractivity contribution is 5.73. The highest BCUT2D eigenvalue weighted by Crippen LogP contribution is 2.24. The number of hydrogen-bond acceptors (Lipinski definition) is 3. The largest absolute Gasteiger partial charge is 0.480 e. The molecule has 4 nitrogen and oxygen atoms in total. The topological polar surface area (TPSA) is 75.3 Å². The molecule has 100 valence electrons. The van der Waals surface area contributed by atoms with Gasteiger partial charge in [0.05, 0.1) is 0 Å². The van der Waals surface area contributed by atoms with Crippen molar-refractivity contribution < 1.29 is 9.90 Å². The molecule has 0 aromatic heterocycles. The van der Waals surface area contributed by atoms with Crippen molar-refractivity contribution in [1.82, 2.24) is 5.32 Å². The Labute approximate surface area is 108 Å². The summed E-state index contributed by atoms with van der Waals surface area (Å²) in [5.41, 5.74) is 10.3. The van der Waals surface area contributed by atoms with Crippen molar-refractivity contribution in [3.8, 4) is 0 Å². The maximum Gasteiger partial charge on any atom is 0.320 e. The van der Waals surface area contributed by atoms with Crippen LogP contribution in [0.5, 0.6) is 0 Å². The van der Waals surface area contributed by atoms with Crippen LogP contribution in [0.1, 0.15) is 34.7 Å². The summed E-state index contributed by atoms with van der Waals surface area (Å²) < 4.78 is 0. The van der Waals surface area contributed by atoms with Crippen molar-refractivity contribution in [2.45, 2.75) is 39.3 Å². The van der Waals surface area contributed by atoms with Gasteiger partial charge < -0.3 is 16.2 Å². The molecule has 0 aliphatic rings. The minimum absolute atomic E-state index is 0.0320. The third kappa shape index (κ3) is 3.31. The van der Waals surface area contributed by atoms with Crippen LogP contribution in [0.25, 0.3) is 0 Å². The first-order valence-electron chi connectivity index (χ1n) is 6.10. The molecule has 18 heavy (non-hydrogen) atoms. The molecule has 0 fully saturated rings. The molecule has 0 bridgehead atoms. The Kier molecular flexibility index (Phi) is 4.87. The fourth-order valence-electron chi connectivity index (χ4n) is 2.11. The summed E-state index contributed by atoms with van der Waals surface area (Å²) in [6.07, 6.45) is 0.384. The number of aryl methyl sites for hydroxylation is 3. The molecule has 0 aliphatic heterocycles. The molecule has 0 radical (unpaired) electrons. The van der Waals surface area contributed by atoms with E-state index in [1.807, 2.05) is 14.0 Å². The number of nitrogens with one attached hydrogen (secondary N) is 1. The highest BCUT2D eigenvalue weighted by Gasteiger charge is 2.20. The minimum atomic E-state index is -0.961. The number of rotatable bonds is 5. The molecule has 1 aromatic rings. The second kappa shape index (κ2) is 5.98. The van der Waals surface area contributed by atoms with Gasteiger partial charge in [-0.2, -0.15) is 0 Å². The number of carboxylic acids is 1. The number of nitrogens with two attached hydrogens (primary N) is 1. The Morgan fingerprint density at radius 3 is 2.33 bits per heavy atom. The zero-order valence-corrected chi connectivity index (χ0v) is 11.4. The third-order valence-corrected chi connectivity index (χ3v) is 3.41. The van der Waals surface area contributed by atoms with Crippen LogP contribution in [0.4, 0.5) is 0 Å². The van der Waals surface area contributed by atoms with Gasteiger partial charge in [-0.25, -0.2) is 0 Å². The first kappa shape index (κ1) is 14.7. The molecule has 0 amide bonds. The summed E-state index contributed by atoms with van der Waals surface area (Å²) in [6.45, 7) is 6.17. The molecule has 0 aliphatic carbocycles. The highest BCUT2D eigenvalue weighted by atomic mass is 16.4. The lowest BCUT2D eigenvalue weighted by Crippen LogP contribution is -2.35. The third-order valence-electron chi connectivity index (χ3n) is 3.41. The molecule has 0 spiro atoms. The summed E-state index contributed by atoms with van der Waals surface area (Å²) in [5.74, 6) is -0.961. The van der Waals surface area contributed by atoms with E-state index in [9.17, 15) is 4.79 Å². The van der Waals surface area contributed by atoms with Gasteiger partial charge in [0, 0.05) is 6.04 Å². The summed E-state index contributed by atoms with van der Waals surface area (Å²) in [5, 5.41) is 12.0. The van der Waals surface area contributed by atoms with E-state index in [2.05, 4.69) is 31.3 Å². The number of carbonyl (C=O) groups is 1. The molecule has 4 N–H and O–H groups in total. The summed E-state index contributed by atoms with van der Waals surface area (Å²) in [7, 11) is 1.83. The minimum Gasteiger partial charge on any atom is -0.480 e. The van der Waals surface area contributed by atoms with E-state index < -0.39 is 12.0 Å². The molecule has 0 saturated heterocycles. The smallest absolute Gasteiger partial charge is 0.320 e. The van der Waals surface area contributed by atoms with Gasteiger partial charge in [-0.1, -0.05) is 12.1 Å². The molecular formula is C14H22N2O2. The average molecular weight is 250 g/mol. The normalized spacial score (nSPS) is 14.3. The summed E-state index contributed by atoms with van der Waals surface area (Å²) in [6, 6.07) is 3.36. The quantitative estimate of drug-likeness (QED) is 0.743. The Morgan fingerprint density at radius 2 is 1.83 bits per heavy atom. The molecular weight excluding hydrogens is 228 g/mol. The maximum atomic E-state index is 10.8. The Hall–Kier alpha value is -1.39. The lowest BCUT2D eigenvalue weighted by molar-refractivity contribution is -0.138. The second-order valence-electron chi connectivity index (χ2n) is 4.81. The van der Waals surface area contributed by atoms with Crippen LogP contribution in [-0.2, 0) is 4.79 Å².